The van der Waals surface area contributed by atoms with Gasteiger partial charge >= 0.3 is 16.8 Å². The molecule has 2 aromatic rings. The fourth-order valence-corrected chi connectivity index (χ4v) is 3.04. The molecule has 0 bridgehead atoms. The van der Waals surface area contributed by atoms with Gasteiger partial charge in [0.2, 0.25) is 5.91 Å². The fraction of sp³-hybridized carbons (Fsp3) is 0.294. The third kappa shape index (κ3) is 4.37. The fourth-order valence-electron chi connectivity index (χ4n) is 2.28. The van der Waals surface area contributed by atoms with Gasteiger partial charge < -0.3 is 19.4 Å². The van der Waals surface area contributed by atoms with Gasteiger partial charge in [-0.3, -0.25) is 9.59 Å². The third-order valence-corrected chi connectivity index (χ3v) is 4.54. The number of thiazole rings is 1. The summed E-state index contributed by atoms with van der Waals surface area (Å²) in [7, 11) is 2.45. The second-order valence-electron chi connectivity index (χ2n) is 5.34. The van der Waals surface area contributed by atoms with Gasteiger partial charge in [-0.1, -0.05) is 11.3 Å². The van der Waals surface area contributed by atoms with Gasteiger partial charge in [0.05, 0.1) is 31.0 Å². The number of methoxy groups -OCH3 is 2. The van der Waals surface area contributed by atoms with Crippen LogP contribution in [0.4, 0.5) is 5.69 Å². The Hall–Kier alpha value is -2.94. The molecule has 2 rings (SSSR count). The first-order valence-electron chi connectivity index (χ1n) is 7.62. The zero-order valence-electron chi connectivity index (χ0n) is 14.5. The average Bonchev–Trinajstić information content (AvgIpc) is 2.96. The van der Waals surface area contributed by atoms with Crippen LogP contribution in [0.25, 0.3) is 0 Å². The molecule has 1 heterocycles. The predicted molar refractivity (Wildman–Crippen MR) is 95.7 cm³/mol. The van der Waals surface area contributed by atoms with Crippen LogP contribution in [0.2, 0.25) is 0 Å². The average molecular weight is 378 g/mol. The van der Waals surface area contributed by atoms with Crippen molar-refractivity contribution in [3.63, 3.8) is 0 Å². The summed E-state index contributed by atoms with van der Waals surface area (Å²) in [4.78, 5) is 47.3. The highest BCUT2D eigenvalue weighted by Crippen LogP contribution is 2.20. The van der Waals surface area contributed by atoms with Crippen LogP contribution in [0.15, 0.2) is 28.4 Å². The van der Waals surface area contributed by atoms with Crippen molar-refractivity contribution in [2.75, 3.05) is 19.5 Å². The maximum Gasteiger partial charge on any atom is 0.339 e. The van der Waals surface area contributed by atoms with Crippen LogP contribution in [0.3, 0.4) is 0 Å². The van der Waals surface area contributed by atoms with E-state index in [2.05, 4.69) is 14.8 Å². The molecule has 0 saturated carbocycles. The number of aryl methyl sites for hydroxylation is 1. The zero-order valence-corrected chi connectivity index (χ0v) is 15.3. The molecule has 0 aliphatic rings. The van der Waals surface area contributed by atoms with E-state index in [-0.39, 0.29) is 34.7 Å². The van der Waals surface area contributed by atoms with Gasteiger partial charge in [-0.2, -0.15) is 0 Å². The summed E-state index contributed by atoms with van der Waals surface area (Å²) in [5.74, 6) is -1.66. The van der Waals surface area contributed by atoms with Crippen molar-refractivity contribution in [1.29, 1.82) is 0 Å². The van der Waals surface area contributed by atoms with E-state index in [1.165, 1.54) is 37.0 Å². The third-order valence-electron chi connectivity index (χ3n) is 3.66. The summed E-state index contributed by atoms with van der Waals surface area (Å²) < 4.78 is 10.8. The first-order chi connectivity index (χ1) is 12.4. The zero-order chi connectivity index (χ0) is 19.3. The van der Waals surface area contributed by atoms with Gasteiger partial charge in [-0.25, -0.2) is 9.59 Å². The lowest BCUT2D eigenvalue weighted by atomic mass is 10.1. The van der Waals surface area contributed by atoms with Gasteiger partial charge in [0, 0.05) is 24.0 Å². The summed E-state index contributed by atoms with van der Waals surface area (Å²) in [6.07, 6.45) is 0.0283. The van der Waals surface area contributed by atoms with Gasteiger partial charge in [0.1, 0.15) is 0 Å². The molecule has 0 atom stereocenters. The number of carbonyl (C=O) groups excluding carboxylic acids is 3. The summed E-state index contributed by atoms with van der Waals surface area (Å²) in [5.41, 5.74) is 1.20. The Labute approximate surface area is 153 Å². The molecule has 0 radical (unpaired) electrons. The van der Waals surface area contributed by atoms with Crippen molar-refractivity contribution >= 4 is 34.9 Å². The Balaban J connectivity index is 2.19. The summed E-state index contributed by atoms with van der Waals surface area (Å²) in [6.45, 7) is 2.00. The minimum Gasteiger partial charge on any atom is -0.465 e. The van der Waals surface area contributed by atoms with Gasteiger partial charge in [0.25, 0.3) is 0 Å². The molecule has 0 unspecified atom stereocenters. The van der Waals surface area contributed by atoms with Crippen LogP contribution in [0, 0.1) is 6.92 Å². The largest absolute Gasteiger partial charge is 0.465 e. The van der Waals surface area contributed by atoms with Crippen LogP contribution < -0.4 is 10.2 Å². The van der Waals surface area contributed by atoms with Crippen LogP contribution in [-0.2, 0) is 20.8 Å². The SMILES string of the molecule is COC(=O)c1ccc(C(=O)OC)c(NC(=O)CCn2c(C)csc2=O)c1. The van der Waals surface area contributed by atoms with Gasteiger partial charge in [-0.15, -0.1) is 0 Å². The number of carbonyl (C=O) groups is 3. The molecule has 1 aromatic carbocycles. The molecule has 138 valence electrons. The molecule has 0 spiro atoms. The highest BCUT2D eigenvalue weighted by Gasteiger charge is 2.17. The molecule has 1 amide bonds. The Morgan fingerprint density at radius 2 is 1.85 bits per heavy atom. The number of amides is 1. The van der Waals surface area contributed by atoms with Crippen LogP contribution in [-0.4, -0.2) is 36.6 Å². The minimum atomic E-state index is -0.651. The minimum absolute atomic E-state index is 0.0283. The van der Waals surface area contributed by atoms with E-state index in [0.29, 0.717) is 0 Å². The second kappa shape index (κ2) is 8.43. The van der Waals surface area contributed by atoms with E-state index in [4.69, 9.17) is 0 Å². The molecular formula is C17H18N2O6S. The number of benzene rings is 1. The Morgan fingerprint density at radius 3 is 2.42 bits per heavy atom. The Bertz CT molecular complexity index is 899. The Kier molecular flexibility index (Phi) is 6.29. The molecule has 0 fully saturated rings. The number of ether oxygens (including phenoxy) is 2. The monoisotopic (exact) mass is 378 g/mol. The molecule has 8 nitrogen and oxygen atoms in total. The van der Waals surface area contributed by atoms with Crippen molar-refractivity contribution in [1.82, 2.24) is 4.57 Å². The molecule has 0 aliphatic carbocycles. The molecule has 1 N–H and O–H groups in total. The maximum atomic E-state index is 12.3. The number of aromatic nitrogens is 1. The van der Waals surface area contributed by atoms with Crippen molar-refractivity contribution in [3.05, 3.63) is 50.1 Å². The molecule has 26 heavy (non-hydrogen) atoms. The highest BCUT2D eigenvalue weighted by molar-refractivity contribution is 7.07. The summed E-state index contributed by atoms with van der Waals surface area (Å²) in [5, 5.41) is 4.30. The molecular weight excluding hydrogens is 360 g/mol. The molecule has 0 saturated heterocycles. The van der Waals surface area contributed by atoms with Crippen LogP contribution >= 0.6 is 11.3 Å². The topological polar surface area (TPSA) is 104 Å². The number of rotatable bonds is 6. The standard InChI is InChI=1S/C17H18N2O6S/c1-10-9-26-17(23)19(10)7-6-14(20)18-13-8-11(15(21)24-2)4-5-12(13)16(22)25-3/h4-5,8-9H,6-7H2,1-3H3,(H,18,20). The van der Waals surface area contributed by atoms with E-state index >= 15 is 0 Å². The second-order valence-corrected chi connectivity index (χ2v) is 6.16. The van der Waals surface area contributed by atoms with E-state index < -0.39 is 17.8 Å². The number of nitrogens with one attached hydrogen (secondary N) is 1. The Morgan fingerprint density at radius 1 is 1.15 bits per heavy atom. The van der Waals surface area contributed by atoms with Crippen molar-refractivity contribution in [2.24, 2.45) is 0 Å². The van der Waals surface area contributed by atoms with Crippen molar-refractivity contribution < 1.29 is 23.9 Å². The highest BCUT2D eigenvalue weighted by atomic mass is 32.1. The number of anilines is 1. The van der Waals surface area contributed by atoms with E-state index in [0.717, 1.165) is 17.0 Å². The van der Waals surface area contributed by atoms with Crippen LogP contribution in [0.5, 0.6) is 0 Å². The molecule has 0 aliphatic heterocycles. The van der Waals surface area contributed by atoms with E-state index in [9.17, 15) is 19.2 Å². The number of hydrogen-bond acceptors (Lipinski definition) is 7. The van der Waals surface area contributed by atoms with Crippen molar-refractivity contribution in [2.45, 2.75) is 19.9 Å². The number of nitrogens with zero attached hydrogens (tertiary/aromatic N) is 1. The van der Waals surface area contributed by atoms with Gasteiger partial charge in [-0.05, 0) is 25.1 Å². The lowest BCUT2D eigenvalue weighted by molar-refractivity contribution is -0.116. The lowest BCUT2D eigenvalue weighted by Crippen LogP contribution is -2.21. The number of hydrogen-bond donors (Lipinski definition) is 1. The van der Waals surface area contributed by atoms with Crippen molar-refractivity contribution in [3.8, 4) is 0 Å². The molecule has 1 aromatic heterocycles. The van der Waals surface area contributed by atoms with Crippen LogP contribution in [0.1, 0.15) is 32.8 Å². The normalized spacial score (nSPS) is 10.3. The lowest BCUT2D eigenvalue weighted by Gasteiger charge is -2.12. The molecule has 9 heteroatoms. The smallest absolute Gasteiger partial charge is 0.339 e. The summed E-state index contributed by atoms with van der Waals surface area (Å²) in [6, 6.07) is 4.13. The first kappa shape index (κ1) is 19.4. The number of esters is 2. The quantitative estimate of drug-likeness (QED) is 0.769. The van der Waals surface area contributed by atoms with Gasteiger partial charge in [0.15, 0.2) is 0 Å². The maximum absolute atomic E-state index is 12.3. The van der Waals surface area contributed by atoms with E-state index in [1.54, 1.807) is 12.3 Å². The van der Waals surface area contributed by atoms with E-state index in [1.807, 2.05) is 0 Å². The predicted octanol–water partition coefficient (Wildman–Crippen LogP) is 1.82. The first-order valence-corrected chi connectivity index (χ1v) is 8.50. The summed E-state index contributed by atoms with van der Waals surface area (Å²) >= 11 is 1.07.